The van der Waals surface area contributed by atoms with Crippen LogP contribution in [0.2, 0.25) is 0 Å². The highest BCUT2D eigenvalue weighted by atomic mass is 16.5. The number of aryl methyl sites for hydroxylation is 1. The molecule has 0 saturated carbocycles. The van der Waals surface area contributed by atoms with Crippen molar-refractivity contribution in [2.45, 2.75) is 53.4 Å². The highest BCUT2D eigenvalue weighted by Gasteiger charge is 2.20. The molecule has 1 aromatic heterocycles. The third-order valence-corrected chi connectivity index (χ3v) is 6.00. The Morgan fingerprint density at radius 1 is 0.968 bits per heavy atom. The Morgan fingerprint density at radius 3 is 2.42 bits per heavy atom. The molecule has 0 spiro atoms. The highest BCUT2D eigenvalue weighted by molar-refractivity contribution is 5.89. The average Bonchev–Trinajstić information content (AvgIpc) is 3.18. The SMILES string of the molecule is COC(=O)c1cccc(CN(Cc2cccn2Cc2cccc(C)c2)[C@@H](C)C(C)C)c1. The molecule has 0 aliphatic heterocycles. The van der Waals surface area contributed by atoms with Crippen LogP contribution in [0.5, 0.6) is 0 Å². The number of carbonyl (C=O) groups is 1. The zero-order valence-corrected chi connectivity index (χ0v) is 19.3. The molecule has 4 heteroatoms. The van der Waals surface area contributed by atoms with Gasteiger partial charge in [0.25, 0.3) is 0 Å². The Bertz CT molecular complexity index is 1010. The zero-order chi connectivity index (χ0) is 22.4. The lowest BCUT2D eigenvalue weighted by molar-refractivity contribution is 0.0600. The lowest BCUT2D eigenvalue weighted by Gasteiger charge is -2.32. The predicted molar refractivity (Wildman–Crippen MR) is 126 cm³/mol. The number of hydrogen-bond acceptors (Lipinski definition) is 3. The normalized spacial score (nSPS) is 12.4. The number of benzene rings is 2. The van der Waals surface area contributed by atoms with Crippen molar-refractivity contribution >= 4 is 5.97 Å². The summed E-state index contributed by atoms with van der Waals surface area (Å²) in [4.78, 5) is 14.4. The number of aromatic nitrogens is 1. The van der Waals surface area contributed by atoms with Crippen molar-refractivity contribution in [1.82, 2.24) is 9.47 Å². The molecule has 0 N–H and O–H groups in total. The third-order valence-electron chi connectivity index (χ3n) is 6.00. The lowest BCUT2D eigenvalue weighted by Crippen LogP contribution is -2.36. The Labute approximate surface area is 186 Å². The van der Waals surface area contributed by atoms with Gasteiger partial charge in [-0.25, -0.2) is 4.79 Å². The first-order valence-corrected chi connectivity index (χ1v) is 11.0. The van der Waals surface area contributed by atoms with Gasteiger partial charge in [-0.2, -0.15) is 0 Å². The summed E-state index contributed by atoms with van der Waals surface area (Å²) in [5, 5.41) is 0. The van der Waals surface area contributed by atoms with E-state index in [4.69, 9.17) is 4.74 Å². The van der Waals surface area contributed by atoms with E-state index in [2.05, 4.69) is 85.8 Å². The maximum Gasteiger partial charge on any atom is 0.337 e. The largest absolute Gasteiger partial charge is 0.465 e. The first kappa shape index (κ1) is 22.8. The van der Waals surface area contributed by atoms with Crippen LogP contribution < -0.4 is 0 Å². The fourth-order valence-electron chi connectivity index (χ4n) is 3.88. The minimum absolute atomic E-state index is 0.294. The molecule has 0 saturated heterocycles. The maximum atomic E-state index is 12.0. The molecule has 31 heavy (non-hydrogen) atoms. The van der Waals surface area contributed by atoms with Crippen LogP contribution in [0.1, 0.15) is 53.5 Å². The van der Waals surface area contributed by atoms with E-state index >= 15 is 0 Å². The molecule has 0 radical (unpaired) electrons. The molecule has 3 aromatic rings. The molecule has 0 unspecified atom stereocenters. The molecule has 0 bridgehead atoms. The van der Waals surface area contributed by atoms with Crippen LogP contribution in [0, 0.1) is 12.8 Å². The van der Waals surface area contributed by atoms with Crippen LogP contribution in [0.25, 0.3) is 0 Å². The third kappa shape index (κ3) is 6.08. The van der Waals surface area contributed by atoms with E-state index < -0.39 is 0 Å². The van der Waals surface area contributed by atoms with Gasteiger partial charge in [0.15, 0.2) is 0 Å². The van der Waals surface area contributed by atoms with E-state index in [9.17, 15) is 4.79 Å². The van der Waals surface area contributed by atoms with Crippen molar-refractivity contribution in [3.05, 3.63) is 94.8 Å². The Morgan fingerprint density at radius 2 is 1.71 bits per heavy atom. The van der Waals surface area contributed by atoms with Crippen LogP contribution in [0.15, 0.2) is 66.9 Å². The summed E-state index contributed by atoms with van der Waals surface area (Å²) in [7, 11) is 1.42. The van der Waals surface area contributed by atoms with Crippen LogP contribution >= 0.6 is 0 Å². The van der Waals surface area contributed by atoms with Crippen molar-refractivity contribution in [1.29, 1.82) is 0 Å². The number of rotatable bonds is 9. The van der Waals surface area contributed by atoms with Crippen molar-refractivity contribution in [2.24, 2.45) is 5.92 Å². The molecule has 0 aliphatic carbocycles. The summed E-state index contributed by atoms with van der Waals surface area (Å²) in [5.74, 6) is 0.223. The van der Waals surface area contributed by atoms with Gasteiger partial charge in [0, 0.05) is 37.6 Å². The number of esters is 1. The summed E-state index contributed by atoms with van der Waals surface area (Å²) in [6.07, 6.45) is 2.16. The number of carbonyl (C=O) groups excluding carboxylic acids is 1. The van der Waals surface area contributed by atoms with Gasteiger partial charge in [-0.05, 0) is 55.2 Å². The van der Waals surface area contributed by atoms with Crippen molar-refractivity contribution in [3.8, 4) is 0 Å². The highest BCUT2D eigenvalue weighted by Crippen LogP contribution is 2.20. The number of methoxy groups -OCH3 is 1. The molecular formula is C27H34N2O2. The van der Waals surface area contributed by atoms with Gasteiger partial charge in [0.2, 0.25) is 0 Å². The van der Waals surface area contributed by atoms with Crippen LogP contribution in [-0.2, 0) is 24.4 Å². The van der Waals surface area contributed by atoms with E-state index in [1.807, 2.05) is 12.1 Å². The Hall–Kier alpha value is -2.85. The second kappa shape index (κ2) is 10.5. The standard InChI is InChI=1S/C27H34N2O2/c1-20(2)22(4)29(18-24-11-7-12-25(16-24)27(30)31-5)19-26-13-8-14-28(26)17-23-10-6-9-21(3)15-23/h6-16,20,22H,17-19H2,1-5H3/t22-/m0/s1. The molecule has 0 fully saturated rings. The van der Waals surface area contributed by atoms with E-state index in [1.54, 1.807) is 6.07 Å². The Balaban J connectivity index is 1.81. The summed E-state index contributed by atoms with van der Waals surface area (Å²) in [6.45, 7) is 11.4. The van der Waals surface area contributed by atoms with Gasteiger partial charge < -0.3 is 9.30 Å². The molecule has 1 atom stereocenters. The van der Waals surface area contributed by atoms with Crippen molar-refractivity contribution < 1.29 is 9.53 Å². The number of hydrogen-bond donors (Lipinski definition) is 0. The van der Waals surface area contributed by atoms with Gasteiger partial charge >= 0.3 is 5.97 Å². The fraction of sp³-hybridized carbons (Fsp3) is 0.370. The van der Waals surface area contributed by atoms with Gasteiger partial charge in [-0.3, -0.25) is 4.90 Å². The minimum Gasteiger partial charge on any atom is -0.465 e. The molecule has 4 nitrogen and oxygen atoms in total. The molecule has 0 amide bonds. The summed E-state index contributed by atoms with van der Waals surface area (Å²) >= 11 is 0. The van der Waals surface area contributed by atoms with E-state index in [0.29, 0.717) is 17.5 Å². The van der Waals surface area contributed by atoms with Gasteiger partial charge in [0.1, 0.15) is 0 Å². The molecule has 2 aromatic carbocycles. The number of ether oxygens (including phenoxy) is 1. The van der Waals surface area contributed by atoms with E-state index in [1.165, 1.54) is 23.9 Å². The van der Waals surface area contributed by atoms with Crippen molar-refractivity contribution in [3.63, 3.8) is 0 Å². The monoisotopic (exact) mass is 418 g/mol. The van der Waals surface area contributed by atoms with Crippen LogP contribution in [0.3, 0.4) is 0 Å². The fourth-order valence-corrected chi connectivity index (χ4v) is 3.88. The molecule has 1 heterocycles. The van der Waals surface area contributed by atoms with Crippen LogP contribution in [-0.4, -0.2) is 28.6 Å². The van der Waals surface area contributed by atoms with E-state index in [0.717, 1.165) is 25.2 Å². The van der Waals surface area contributed by atoms with Crippen LogP contribution in [0.4, 0.5) is 0 Å². The van der Waals surface area contributed by atoms with Gasteiger partial charge in [-0.15, -0.1) is 0 Å². The first-order valence-electron chi connectivity index (χ1n) is 11.0. The minimum atomic E-state index is -0.294. The topological polar surface area (TPSA) is 34.5 Å². The van der Waals surface area contributed by atoms with Gasteiger partial charge in [-0.1, -0.05) is 55.8 Å². The zero-order valence-electron chi connectivity index (χ0n) is 19.3. The summed E-state index contributed by atoms with van der Waals surface area (Å²) in [5.41, 5.74) is 5.60. The molecule has 0 aliphatic rings. The van der Waals surface area contributed by atoms with E-state index in [-0.39, 0.29) is 5.97 Å². The average molecular weight is 419 g/mol. The summed E-state index contributed by atoms with van der Waals surface area (Å²) < 4.78 is 7.22. The number of nitrogens with zero attached hydrogens (tertiary/aromatic N) is 2. The first-order chi connectivity index (χ1) is 14.9. The second-order valence-corrected chi connectivity index (χ2v) is 8.70. The molecule has 3 rings (SSSR count). The summed E-state index contributed by atoms with van der Waals surface area (Å²) in [6, 6.07) is 21.2. The second-order valence-electron chi connectivity index (χ2n) is 8.70. The maximum absolute atomic E-state index is 12.0. The lowest BCUT2D eigenvalue weighted by atomic mass is 10.0. The Kier molecular flexibility index (Phi) is 7.69. The smallest absolute Gasteiger partial charge is 0.337 e. The molecule has 164 valence electrons. The van der Waals surface area contributed by atoms with Crippen molar-refractivity contribution in [2.75, 3.05) is 7.11 Å². The van der Waals surface area contributed by atoms with Gasteiger partial charge in [0.05, 0.1) is 12.7 Å². The molecular weight excluding hydrogens is 384 g/mol. The predicted octanol–water partition coefficient (Wildman–Crippen LogP) is 5.68. The quantitative estimate of drug-likeness (QED) is 0.419.